The number of hydrogen-bond acceptors (Lipinski definition) is 4. The monoisotopic (exact) mass is 312 g/mol. The molecule has 3 aromatic rings. The molecule has 19 heavy (non-hydrogen) atoms. The van der Waals surface area contributed by atoms with Gasteiger partial charge in [-0.1, -0.05) is 35.0 Å². The molecule has 0 aliphatic heterocycles. The average Bonchev–Trinajstić information content (AvgIpc) is 2.76. The van der Waals surface area contributed by atoms with Gasteiger partial charge in [0.05, 0.1) is 10.0 Å². The number of hydrogen-bond donors (Lipinski definition) is 1. The van der Waals surface area contributed by atoms with E-state index in [1.165, 1.54) is 16.3 Å². The fourth-order valence-corrected chi connectivity index (χ4v) is 2.68. The molecule has 0 spiro atoms. The third kappa shape index (κ3) is 2.47. The summed E-state index contributed by atoms with van der Waals surface area (Å²) in [6, 6.07) is 8.80. The van der Waals surface area contributed by atoms with E-state index in [0.29, 0.717) is 20.7 Å². The summed E-state index contributed by atoms with van der Waals surface area (Å²) < 4.78 is 1.21. The van der Waals surface area contributed by atoms with Crippen LogP contribution in [0.4, 0.5) is 0 Å². The summed E-state index contributed by atoms with van der Waals surface area (Å²) >= 11 is 13.2. The van der Waals surface area contributed by atoms with Gasteiger partial charge in [-0.2, -0.15) is 14.7 Å². The Bertz CT molecular complexity index is 814. The maximum atomic E-state index is 11.4. The van der Waals surface area contributed by atoms with Crippen LogP contribution >= 0.6 is 35.0 Å². The number of nitrogens with zero attached hydrogens (tertiary/aromatic N) is 3. The Morgan fingerprint density at radius 1 is 1.16 bits per heavy atom. The van der Waals surface area contributed by atoms with Crippen molar-refractivity contribution in [3.63, 3.8) is 0 Å². The summed E-state index contributed by atoms with van der Waals surface area (Å²) in [6.45, 7) is 0. The summed E-state index contributed by atoms with van der Waals surface area (Å²) in [5.74, 6) is 0. The molecular weight excluding hydrogens is 307 g/mol. The number of aromatic amines is 1. The van der Waals surface area contributed by atoms with Crippen LogP contribution < -0.4 is 5.69 Å². The lowest BCUT2D eigenvalue weighted by molar-refractivity contribution is 0.820. The first-order valence-corrected chi connectivity index (χ1v) is 6.78. The summed E-state index contributed by atoms with van der Waals surface area (Å²) in [5, 5.41) is 12.0. The van der Waals surface area contributed by atoms with Crippen molar-refractivity contribution in [1.29, 1.82) is 0 Å². The standard InChI is InChI=1S/C11H6Cl2N4OS/c12-7-2-1-6(5-8(7)13)19-10-4-3-9-14-15-11(18)17(9)16-10/h1-5H,(H,15,18). The third-order valence-corrected chi connectivity index (χ3v) is 4.02. The Labute approximate surface area is 121 Å². The van der Waals surface area contributed by atoms with Crippen LogP contribution in [0.1, 0.15) is 0 Å². The molecule has 96 valence electrons. The zero-order chi connectivity index (χ0) is 13.4. The lowest BCUT2D eigenvalue weighted by Gasteiger charge is -2.02. The largest absolute Gasteiger partial charge is 0.364 e. The van der Waals surface area contributed by atoms with Crippen molar-refractivity contribution in [2.45, 2.75) is 9.92 Å². The summed E-state index contributed by atoms with van der Waals surface area (Å²) in [4.78, 5) is 12.3. The lowest BCUT2D eigenvalue weighted by atomic mass is 10.4. The van der Waals surface area contributed by atoms with E-state index >= 15 is 0 Å². The van der Waals surface area contributed by atoms with Crippen LogP contribution in [0.25, 0.3) is 5.65 Å². The van der Waals surface area contributed by atoms with Crippen molar-refractivity contribution in [1.82, 2.24) is 19.8 Å². The number of benzene rings is 1. The Balaban J connectivity index is 1.98. The normalized spacial score (nSPS) is 11.1. The molecule has 0 saturated carbocycles. The van der Waals surface area contributed by atoms with Crippen molar-refractivity contribution in [3.05, 3.63) is 50.9 Å². The highest BCUT2D eigenvalue weighted by atomic mass is 35.5. The molecule has 1 N–H and O–H groups in total. The summed E-state index contributed by atoms with van der Waals surface area (Å²) in [6.07, 6.45) is 0. The predicted octanol–water partition coefficient (Wildman–Crippen LogP) is 2.88. The van der Waals surface area contributed by atoms with E-state index in [2.05, 4.69) is 15.3 Å². The van der Waals surface area contributed by atoms with Gasteiger partial charge in [0.15, 0.2) is 5.65 Å². The maximum Gasteiger partial charge on any atom is 0.364 e. The molecule has 0 aliphatic carbocycles. The van der Waals surface area contributed by atoms with Crippen LogP contribution in [-0.2, 0) is 0 Å². The van der Waals surface area contributed by atoms with Crippen molar-refractivity contribution >= 4 is 40.6 Å². The fraction of sp³-hybridized carbons (Fsp3) is 0. The molecule has 0 radical (unpaired) electrons. The van der Waals surface area contributed by atoms with E-state index in [1.54, 1.807) is 24.3 Å². The van der Waals surface area contributed by atoms with Crippen LogP contribution in [0, 0.1) is 0 Å². The van der Waals surface area contributed by atoms with E-state index in [4.69, 9.17) is 23.2 Å². The molecule has 2 aromatic heterocycles. The zero-order valence-corrected chi connectivity index (χ0v) is 11.6. The Kier molecular flexibility index (Phi) is 3.22. The molecule has 5 nitrogen and oxygen atoms in total. The van der Waals surface area contributed by atoms with E-state index in [0.717, 1.165) is 4.90 Å². The molecule has 0 saturated heterocycles. The van der Waals surface area contributed by atoms with Gasteiger partial charge in [0.1, 0.15) is 5.03 Å². The van der Waals surface area contributed by atoms with Crippen LogP contribution in [0.3, 0.4) is 0 Å². The molecule has 3 rings (SSSR count). The number of nitrogens with one attached hydrogen (secondary N) is 1. The van der Waals surface area contributed by atoms with Crippen molar-refractivity contribution in [2.24, 2.45) is 0 Å². The first-order chi connectivity index (χ1) is 9.13. The van der Waals surface area contributed by atoms with Crippen molar-refractivity contribution in [2.75, 3.05) is 0 Å². The molecule has 8 heteroatoms. The van der Waals surface area contributed by atoms with Gasteiger partial charge < -0.3 is 0 Å². The minimum Gasteiger partial charge on any atom is -0.244 e. The van der Waals surface area contributed by atoms with Gasteiger partial charge >= 0.3 is 5.69 Å². The fourth-order valence-electron chi connectivity index (χ4n) is 1.50. The minimum atomic E-state index is -0.369. The van der Waals surface area contributed by atoms with E-state index in [1.807, 2.05) is 6.07 Å². The molecular formula is C11H6Cl2N4OS. The molecule has 0 amide bonds. The van der Waals surface area contributed by atoms with Gasteiger partial charge in [0.2, 0.25) is 0 Å². The second kappa shape index (κ2) is 4.88. The Morgan fingerprint density at radius 3 is 2.79 bits per heavy atom. The topological polar surface area (TPSA) is 63.0 Å². The van der Waals surface area contributed by atoms with Crippen LogP contribution in [-0.4, -0.2) is 19.8 Å². The van der Waals surface area contributed by atoms with Gasteiger partial charge in [0.25, 0.3) is 0 Å². The Morgan fingerprint density at radius 2 is 2.00 bits per heavy atom. The SMILES string of the molecule is O=c1[nH]nc2ccc(Sc3ccc(Cl)c(Cl)c3)nn12. The average molecular weight is 313 g/mol. The predicted molar refractivity (Wildman–Crippen MR) is 74.2 cm³/mol. The maximum absolute atomic E-state index is 11.4. The van der Waals surface area contributed by atoms with Gasteiger partial charge in [-0.05, 0) is 30.3 Å². The first-order valence-electron chi connectivity index (χ1n) is 5.21. The number of fused-ring (bicyclic) bond motifs is 1. The van der Waals surface area contributed by atoms with Crippen LogP contribution in [0.5, 0.6) is 0 Å². The quantitative estimate of drug-likeness (QED) is 0.790. The van der Waals surface area contributed by atoms with E-state index in [9.17, 15) is 4.79 Å². The third-order valence-electron chi connectivity index (χ3n) is 2.36. The van der Waals surface area contributed by atoms with E-state index < -0.39 is 0 Å². The van der Waals surface area contributed by atoms with Gasteiger partial charge in [-0.15, -0.1) is 0 Å². The van der Waals surface area contributed by atoms with Crippen LogP contribution in [0.2, 0.25) is 10.0 Å². The number of H-pyrrole nitrogens is 1. The molecule has 1 aromatic carbocycles. The van der Waals surface area contributed by atoms with Gasteiger partial charge in [-0.25, -0.2) is 9.89 Å². The molecule has 0 atom stereocenters. The lowest BCUT2D eigenvalue weighted by Crippen LogP contribution is -2.12. The van der Waals surface area contributed by atoms with Crippen LogP contribution in [0.15, 0.2) is 45.0 Å². The number of aromatic nitrogens is 4. The smallest absolute Gasteiger partial charge is 0.244 e. The highest BCUT2D eigenvalue weighted by Gasteiger charge is 2.06. The number of halogens is 2. The number of rotatable bonds is 2. The molecule has 0 aliphatic rings. The Hall–Kier alpha value is -1.50. The molecule has 0 fully saturated rings. The summed E-state index contributed by atoms with van der Waals surface area (Å²) in [5.41, 5.74) is 0.107. The van der Waals surface area contributed by atoms with Gasteiger partial charge in [0, 0.05) is 4.90 Å². The zero-order valence-electron chi connectivity index (χ0n) is 9.30. The van der Waals surface area contributed by atoms with E-state index in [-0.39, 0.29) is 5.69 Å². The second-order valence-corrected chi connectivity index (χ2v) is 5.56. The molecule has 0 unspecified atom stereocenters. The van der Waals surface area contributed by atoms with Gasteiger partial charge in [-0.3, -0.25) is 0 Å². The summed E-state index contributed by atoms with van der Waals surface area (Å²) in [7, 11) is 0. The second-order valence-electron chi connectivity index (χ2n) is 3.65. The molecule has 0 bridgehead atoms. The van der Waals surface area contributed by atoms with Crippen molar-refractivity contribution in [3.8, 4) is 0 Å². The van der Waals surface area contributed by atoms with Crippen molar-refractivity contribution < 1.29 is 0 Å². The first kappa shape index (κ1) is 12.5. The minimum absolute atomic E-state index is 0.369. The highest BCUT2D eigenvalue weighted by Crippen LogP contribution is 2.31. The molecule has 2 heterocycles. The highest BCUT2D eigenvalue weighted by molar-refractivity contribution is 7.99.